The highest BCUT2D eigenvalue weighted by molar-refractivity contribution is 4.81. The molecular formula is C11H19F3O. The lowest BCUT2D eigenvalue weighted by atomic mass is 9.78. The fourth-order valence-corrected chi connectivity index (χ4v) is 2.47. The summed E-state index contributed by atoms with van der Waals surface area (Å²) in [5.74, 6) is 0.00443. The first-order valence-electron chi connectivity index (χ1n) is 5.70. The summed E-state index contributed by atoms with van der Waals surface area (Å²) in [6, 6.07) is 0. The molecule has 1 rings (SSSR count). The van der Waals surface area contributed by atoms with Crippen LogP contribution in [-0.4, -0.2) is 17.4 Å². The van der Waals surface area contributed by atoms with Crippen LogP contribution in [0.3, 0.4) is 0 Å². The van der Waals surface area contributed by atoms with Crippen LogP contribution in [0.4, 0.5) is 13.2 Å². The summed E-state index contributed by atoms with van der Waals surface area (Å²) in [6.45, 7) is 2.09. The lowest BCUT2D eigenvalue weighted by molar-refractivity contribution is -0.222. The van der Waals surface area contributed by atoms with Crippen molar-refractivity contribution >= 4 is 0 Å². The molecule has 4 heteroatoms. The standard InChI is InChI=1S/C11H19F3O/c1-2-3-8-4-6-9(7-5-8)10(15)11(12,13)14/h8-10,15H,2-7H2,1H3. The van der Waals surface area contributed by atoms with Crippen molar-refractivity contribution in [3.63, 3.8) is 0 Å². The maximum absolute atomic E-state index is 12.2. The molecule has 1 saturated carbocycles. The first-order chi connectivity index (χ1) is 6.95. The molecule has 0 heterocycles. The fourth-order valence-electron chi connectivity index (χ4n) is 2.47. The number of aliphatic hydroxyl groups is 1. The molecule has 0 aromatic carbocycles. The highest BCUT2D eigenvalue weighted by Gasteiger charge is 2.44. The third-order valence-electron chi connectivity index (χ3n) is 3.37. The highest BCUT2D eigenvalue weighted by atomic mass is 19.4. The van der Waals surface area contributed by atoms with Crippen molar-refractivity contribution < 1.29 is 18.3 Å². The first-order valence-corrected chi connectivity index (χ1v) is 5.70. The molecule has 1 unspecified atom stereocenters. The minimum Gasteiger partial charge on any atom is -0.383 e. The van der Waals surface area contributed by atoms with Crippen molar-refractivity contribution in [3.8, 4) is 0 Å². The molecule has 1 N–H and O–H groups in total. The molecule has 0 aromatic rings. The topological polar surface area (TPSA) is 20.2 Å². The Hall–Kier alpha value is -0.250. The van der Waals surface area contributed by atoms with Crippen molar-refractivity contribution in [1.29, 1.82) is 0 Å². The van der Waals surface area contributed by atoms with Gasteiger partial charge in [-0.1, -0.05) is 32.6 Å². The molecule has 0 amide bonds. The van der Waals surface area contributed by atoms with Crippen LogP contribution in [0.5, 0.6) is 0 Å². The number of hydrogen-bond donors (Lipinski definition) is 1. The van der Waals surface area contributed by atoms with Gasteiger partial charge in [-0.05, 0) is 24.7 Å². The van der Waals surface area contributed by atoms with Crippen molar-refractivity contribution in [2.45, 2.75) is 57.7 Å². The van der Waals surface area contributed by atoms with Crippen LogP contribution >= 0.6 is 0 Å². The molecule has 0 aromatic heterocycles. The van der Waals surface area contributed by atoms with Gasteiger partial charge in [-0.15, -0.1) is 0 Å². The number of alkyl halides is 3. The predicted molar refractivity (Wildman–Crippen MR) is 52.4 cm³/mol. The fraction of sp³-hybridized carbons (Fsp3) is 1.00. The van der Waals surface area contributed by atoms with Gasteiger partial charge in [-0.2, -0.15) is 13.2 Å². The molecule has 1 atom stereocenters. The minimum absolute atomic E-state index is 0.519. The summed E-state index contributed by atoms with van der Waals surface area (Å²) in [6.07, 6.45) is -1.64. The van der Waals surface area contributed by atoms with E-state index in [1.165, 1.54) is 0 Å². The minimum atomic E-state index is -4.44. The molecule has 0 bridgehead atoms. The second-order valence-corrected chi connectivity index (χ2v) is 4.56. The highest BCUT2D eigenvalue weighted by Crippen LogP contribution is 2.37. The average Bonchev–Trinajstić information content (AvgIpc) is 2.17. The molecule has 1 aliphatic carbocycles. The quantitative estimate of drug-likeness (QED) is 0.777. The Morgan fingerprint density at radius 3 is 2.13 bits per heavy atom. The van der Waals surface area contributed by atoms with Gasteiger partial charge in [0.2, 0.25) is 0 Å². The van der Waals surface area contributed by atoms with Crippen molar-refractivity contribution in [2.75, 3.05) is 0 Å². The Bertz CT molecular complexity index is 183. The summed E-state index contributed by atoms with van der Waals surface area (Å²) in [5, 5.41) is 9.10. The normalized spacial score (nSPS) is 30.2. The molecule has 90 valence electrons. The summed E-state index contributed by atoms with van der Waals surface area (Å²) in [5.41, 5.74) is 0. The molecule has 0 aliphatic heterocycles. The van der Waals surface area contributed by atoms with Crippen molar-refractivity contribution in [2.24, 2.45) is 11.8 Å². The van der Waals surface area contributed by atoms with E-state index < -0.39 is 18.2 Å². The van der Waals surface area contributed by atoms with E-state index >= 15 is 0 Å². The van der Waals surface area contributed by atoms with Gasteiger partial charge in [-0.3, -0.25) is 0 Å². The molecule has 0 radical (unpaired) electrons. The van der Waals surface area contributed by atoms with Crippen LogP contribution in [0.25, 0.3) is 0 Å². The van der Waals surface area contributed by atoms with E-state index in [2.05, 4.69) is 6.92 Å². The van der Waals surface area contributed by atoms with E-state index in [-0.39, 0.29) is 0 Å². The zero-order valence-corrected chi connectivity index (χ0v) is 9.06. The first kappa shape index (κ1) is 12.8. The van der Waals surface area contributed by atoms with Crippen LogP contribution in [0.15, 0.2) is 0 Å². The largest absolute Gasteiger partial charge is 0.414 e. The Kier molecular flexibility index (Phi) is 4.44. The van der Waals surface area contributed by atoms with E-state index in [1.54, 1.807) is 0 Å². The third-order valence-corrected chi connectivity index (χ3v) is 3.37. The van der Waals surface area contributed by atoms with Gasteiger partial charge in [0.05, 0.1) is 0 Å². The third kappa shape index (κ3) is 3.67. The summed E-state index contributed by atoms with van der Waals surface area (Å²) in [7, 11) is 0. The Balaban J connectivity index is 2.37. The molecule has 15 heavy (non-hydrogen) atoms. The second kappa shape index (κ2) is 5.19. The Morgan fingerprint density at radius 1 is 1.20 bits per heavy atom. The zero-order valence-electron chi connectivity index (χ0n) is 9.06. The predicted octanol–water partition coefficient (Wildman–Crippen LogP) is 3.52. The Labute approximate surface area is 88.7 Å². The van der Waals surface area contributed by atoms with E-state index in [1.807, 2.05) is 0 Å². The molecule has 1 fully saturated rings. The SMILES string of the molecule is CCCC1CCC(C(O)C(F)(F)F)CC1. The number of rotatable bonds is 3. The maximum Gasteiger partial charge on any atom is 0.414 e. The number of halogens is 3. The van der Waals surface area contributed by atoms with Crippen molar-refractivity contribution in [3.05, 3.63) is 0 Å². The smallest absolute Gasteiger partial charge is 0.383 e. The van der Waals surface area contributed by atoms with Gasteiger partial charge in [0.1, 0.15) is 0 Å². The monoisotopic (exact) mass is 224 g/mol. The molecule has 0 saturated heterocycles. The molecular weight excluding hydrogens is 205 g/mol. The van der Waals surface area contributed by atoms with E-state index in [0.717, 1.165) is 25.7 Å². The van der Waals surface area contributed by atoms with Gasteiger partial charge < -0.3 is 5.11 Å². The van der Waals surface area contributed by atoms with Crippen LogP contribution in [0.2, 0.25) is 0 Å². The lowest BCUT2D eigenvalue weighted by Crippen LogP contribution is -2.37. The van der Waals surface area contributed by atoms with Gasteiger partial charge in [0.25, 0.3) is 0 Å². The van der Waals surface area contributed by atoms with Gasteiger partial charge >= 0.3 is 6.18 Å². The van der Waals surface area contributed by atoms with Crippen LogP contribution in [-0.2, 0) is 0 Å². The van der Waals surface area contributed by atoms with E-state index in [4.69, 9.17) is 5.11 Å². The molecule has 0 spiro atoms. The summed E-state index contributed by atoms with van der Waals surface area (Å²) in [4.78, 5) is 0. The summed E-state index contributed by atoms with van der Waals surface area (Å²) < 4.78 is 36.7. The molecule has 1 nitrogen and oxygen atoms in total. The van der Waals surface area contributed by atoms with Crippen LogP contribution in [0.1, 0.15) is 45.4 Å². The summed E-state index contributed by atoms with van der Waals surface area (Å²) >= 11 is 0. The van der Waals surface area contributed by atoms with Gasteiger partial charge in [0.15, 0.2) is 6.10 Å². The van der Waals surface area contributed by atoms with Crippen molar-refractivity contribution in [1.82, 2.24) is 0 Å². The van der Waals surface area contributed by atoms with Crippen LogP contribution < -0.4 is 0 Å². The second-order valence-electron chi connectivity index (χ2n) is 4.56. The molecule has 1 aliphatic rings. The van der Waals surface area contributed by atoms with E-state index in [0.29, 0.717) is 18.8 Å². The van der Waals surface area contributed by atoms with Gasteiger partial charge in [-0.25, -0.2) is 0 Å². The van der Waals surface area contributed by atoms with Crippen LogP contribution in [0, 0.1) is 11.8 Å². The number of aliphatic hydroxyl groups excluding tert-OH is 1. The maximum atomic E-state index is 12.2. The zero-order chi connectivity index (χ0) is 11.5. The average molecular weight is 224 g/mol. The number of hydrogen-bond acceptors (Lipinski definition) is 1. The lowest BCUT2D eigenvalue weighted by Gasteiger charge is -2.32. The Morgan fingerprint density at radius 2 is 1.73 bits per heavy atom. The van der Waals surface area contributed by atoms with Gasteiger partial charge in [0, 0.05) is 0 Å². The van der Waals surface area contributed by atoms with E-state index in [9.17, 15) is 13.2 Å².